The minimum Gasteiger partial charge on any atom is -0.112 e. The number of fused-ring (bicyclic) bond motifs is 5. The molecule has 44 radical (unpaired) electrons. The van der Waals surface area contributed by atoms with E-state index in [-0.39, 0.29) is 186 Å². The molecule has 56 heavy (non-hydrogen) atoms. The SMILES string of the molecule is [B]c1c([B])c([B])c(-c2c3c([B])c([B])c([B])c([B])c3c(-c3c([B])c([B])c4c(c3[B])c([B])c([B])c3c([B])c([B])c([B])c([B])c34)c3c([B])c([B])c([B])c([B])c23)c([B])c1[B]. The molecule has 7 aromatic rings. The Morgan fingerprint density at radius 1 is 0.107 bits per heavy atom. The predicted octanol–water partition coefficient (Wildman–Crippen LogP) is -16.9. The van der Waals surface area contributed by atoms with Gasteiger partial charge in [-0.25, -0.2) is 0 Å². The fraction of sp³-hybridized carbons (Fsp3) is 0. The molecule has 0 unspecified atom stereocenters. The zero-order valence-electron chi connectivity index (χ0n) is 29.7. The molecule has 0 atom stereocenters. The van der Waals surface area contributed by atoms with Gasteiger partial charge in [-0.15, -0.1) is 49.2 Å². The molecule has 0 nitrogen and oxygen atoms in total. The van der Waals surface area contributed by atoms with Crippen molar-refractivity contribution in [2.75, 3.05) is 0 Å². The lowest BCUT2D eigenvalue weighted by Gasteiger charge is -2.33. The van der Waals surface area contributed by atoms with Crippen molar-refractivity contribution in [2.24, 2.45) is 0 Å². The molecule has 202 valence electrons. The molecule has 7 rings (SSSR count). The number of rotatable bonds is 2. The van der Waals surface area contributed by atoms with Gasteiger partial charge in [0, 0.05) is 0 Å². The van der Waals surface area contributed by atoms with Crippen LogP contribution in [0.5, 0.6) is 0 Å². The first kappa shape index (κ1) is 41.2. The molecule has 0 aliphatic rings. The van der Waals surface area contributed by atoms with Gasteiger partial charge >= 0.3 is 0 Å². The average Bonchev–Trinajstić information content (AvgIpc) is 3.17. The molecular weight excluding hydrogens is 646 g/mol. The number of hydrogen-bond donors (Lipinski definition) is 0. The lowest BCUT2D eigenvalue weighted by atomic mass is 9.55. The van der Waals surface area contributed by atoms with Crippen LogP contribution in [0.15, 0.2) is 0 Å². The van der Waals surface area contributed by atoms with E-state index >= 15 is 0 Å². The molecule has 0 saturated heterocycles. The molecule has 0 spiro atoms. The van der Waals surface area contributed by atoms with E-state index in [1.165, 1.54) is 0 Å². The van der Waals surface area contributed by atoms with Crippen molar-refractivity contribution in [3.8, 4) is 22.3 Å². The first-order valence-electron chi connectivity index (χ1n) is 16.4. The molecule has 0 bridgehead atoms. The van der Waals surface area contributed by atoms with E-state index in [1.807, 2.05) is 0 Å². The highest BCUT2D eigenvalue weighted by Gasteiger charge is 2.29. The van der Waals surface area contributed by atoms with E-state index in [0.29, 0.717) is 0 Å². The second-order valence-corrected chi connectivity index (χ2v) is 13.6. The summed E-state index contributed by atoms with van der Waals surface area (Å²) in [5, 5.41) is 0.873. The molecule has 0 amide bonds. The van der Waals surface area contributed by atoms with Crippen LogP contribution in [0.3, 0.4) is 0 Å². The van der Waals surface area contributed by atoms with Gasteiger partial charge in [0.15, 0.2) is 0 Å². The average molecular weight is 646 g/mol. The van der Waals surface area contributed by atoms with Crippen molar-refractivity contribution in [1.29, 1.82) is 0 Å². The molecule has 0 aliphatic heterocycles. The molecule has 0 saturated carbocycles. The summed E-state index contributed by atoms with van der Waals surface area (Å²) in [6, 6.07) is 0. The summed E-state index contributed by atoms with van der Waals surface area (Å²) in [7, 11) is 146. The summed E-state index contributed by atoms with van der Waals surface area (Å²) in [4.78, 5) is 0. The Balaban J connectivity index is 1.91. The predicted molar refractivity (Wildman–Crippen MR) is 266 cm³/mol. The number of benzene rings is 7. The Kier molecular flexibility index (Phi) is 10.2. The van der Waals surface area contributed by atoms with Crippen molar-refractivity contribution in [1.82, 2.24) is 0 Å². The normalized spacial score (nSPS) is 11.7. The van der Waals surface area contributed by atoms with Crippen LogP contribution in [0.2, 0.25) is 0 Å². The third-order valence-corrected chi connectivity index (χ3v) is 10.9. The largest absolute Gasteiger partial charge is 0.115 e. The van der Waals surface area contributed by atoms with Gasteiger partial charge in [-0.1, -0.05) is 71.0 Å². The second kappa shape index (κ2) is 13.8. The van der Waals surface area contributed by atoms with Crippen molar-refractivity contribution >= 4 is 336 Å². The Hall–Kier alpha value is -2.99. The molecule has 22 heteroatoms. The van der Waals surface area contributed by atoms with Gasteiger partial charge in [0.05, 0.1) is 0 Å². The van der Waals surface area contributed by atoms with E-state index in [0.717, 1.165) is 0 Å². The van der Waals surface area contributed by atoms with Gasteiger partial charge in [-0.3, -0.25) is 0 Å². The summed E-state index contributed by atoms with van der Waals surface area (Å²) in [5.41, 5.74) is -1.93. The van der Waals surface area contributed by atoms with Crippen LogP contribution in [0, 0.1) is 0 Å². The highest BCUT2D eigenvalue weighted by molar-refractivity contribution is 6.77. The highest BCUT2D eigenvalue weighted by atomic mass is 14.3. The Morgan fingerprint density at radius 2 is 0.268 bits per heavy atom. The van der Waals surface area contributed by atoms with Crippen LogP contribution in [-0.2, 0) is 0 Å². The summed E-state index contributed by atoms with van der Waals surface area (Å²) < 4.78 is 0. The fourth-order valence-corrected chi connectivity index (χ4v) is 7.82. The Labute approximate surface area is 356 Å². The van der Waals surface area contributed by atoms with Gasteiger partial charge in [-0.2, -0.15) is 0 Å². The lowest BCUT2D eigenvalue weighted by molar-refractivity contribution is 1.86. The Morgan fingerprint density at radius 3 is 0.589 bits per heavy atom. The summed E-state index contributed by atoms with van der Waals surface area (Å²) in [6.45, 7) is 0. The maximum atomic E-state index is 7.14. The van der Waals surface area contributed by atoms with Crippen molar-refractivity contribution in [2.45, 2.75) is 0 Å². The van der Waals surface area contributed by atoms with Crippen molar-refractivity contribution < 1.29 is 0 Å². The van der Waals surface area contributed by atoms with Gasteiger partial charge in [0.25, 0.3) is 0 Å². The molecule has 0 heterocycles. The van der Waals surface area contributed by atoms with Gasteiger partial charge < -0.3 is 0 Å². The third-order valence-electron chi connectivity index (χ3n) is 10.9. The van der Waals surface area contributed by atoms with E-state index in [2.05, 4.69) is 0 Å². The first-order valence-corrected chi connectivity index (χ1v) is 16.4. The first-order chi connectivity index (χ1) is 26.0. The van der Waals surface area contributed by atoms with Crippen molar-refractivity contribution in [3.05, 3.63) is 0 Å². The maximum Gasteiger partial charge on any atom is 0.115 e. The smallest absolute Gasteiger partial charge is 0.112 e. The van der Waals surface area contributed by atoms with E-state index in [4.69, 9.17) is 173 Å². The minimum atomic E-state index is -0.147. The molecule has 0 aromatic heterocycles. The molecule has 0 fully saturated rings. The van der Waals surface area contributed by atoms with Crippen LogP contribution in [0.25, 0.3) is 65.3 Å². The summed E-state index contributed by atoms with van der Waals surface area (Å²) in [5.74, 6) is 0. The standard InChI is InChI=1S/C34B22/c35-13-9(20(42)14(36)7-8-12(22(44)21(43)11(7)13)25(47)31(53)30(52)19(8)41)1-3-5(17(39)28(50)26(48)15(3)37)2(6-4(1)16(38)27(49)29(51)18(6)40)10-23(45)32(54)34(56)33(55)24(10)46. The van der Waals surface area contributed by atoms with Crippen LogP contribution in [0.4, 0.5) is 0 Å². The summed E-state index contributed by atoms with van der Waals surface area (Å²) >= 11 is 0. The van der Waals surface area contributed by atoms with Crippen LogP contribution in [0.1, 0.15) is 0 Å². The lowest BCUT2D eigenvalue weighted by Crippen LogP contribution is -2.55. The second-order valence-electron chi connectivity index (χ2n) is 13.6. The topological polar surface area (TPSA) is 0 Å². The van der Waals surface area contributed by atoms with Crippen LogP contribution in [-0.4, -0.2) is 173 Å². The van der Waals surface area contributed by atoms with Crippen molar-refractivity contribution in [3.63, 3.8) is 0 Å². The number of hydrogen-bond acceptors (Lipinski definition) is 0. The maximum absolute atomic E-state index is 7.14. The zero-order chi connectivity index (χ0) is 41.6. The van der Waals surface area contributed by atoms with E-state index in [9.17, 15) is 0 Å². The molecule has 0 aliphatic carbocycles. The molecular formula is C34B22. The van der Waals surface area contributed by atoms with E-state index in [1.54, 1.807) is 0 Å². The van der Waals surface area contributed by atoms with Gasteiger partial charge in [0.2, 0.25) is 0 Å². The highest BCUT2D eigenvalue weighted by Crippen LogP contribution is 2.39. The molecule has 0 N–H and O–H groups in total. The molecule has 7 aromatic carbocycles. The zero-order valence-corrected chi connectivity index (χ0v) is 29.7. The quantitative estimate of drug-likeness (QED) is 0.0997. The van der Waals surface area contributed by atoms with Crippen LogP contribution < -0.4 is 120 Å². The van der Waals surface area contributed by atoms with Gasteiger partial charge in [-0.05, 0) is 65.3 Å². The summed E-state index contributed by atoms with van der Waals surface area (Å²) in [6.07, 6.45) is 0. The van der Waals surface area contributed by atoms with E-state index < -0.39 is 0 Å². The minimum absolute atomic E-state index is 0.000203. The van der Waals surface area contributed by atoms with Crippen LogP contribution >= 0.6 is 0 Å². The third kappa shape index (κ3) is 5.17. The van der Waals surface area contributed by atoms with Gasteiger partial charge in [0.1, 0.15) is 173 Å². The Bertz CT molecular complexity index is 2930. The fourth-order valence-electron chi connectivity index (χ4n) is 7.82. The monoisotopic (exact) mass is 650 g/mol.